The molecule has 6 heteroatoms. The van der Waals surface area contributed by atoms with Gasteiger partial charge in [-0.25, -0.2) is 0 Å². The Labute approximate surface area is 188 Å². The SMILES string of the molecule is COc1cc(OC)cc(N2C(N3CC=CC3)=C(C3=Nc4ccccc4C3)C(=O)C2(C)C)c1. The minimum atomic E-state index is -0.790. The summed E-state index contributed by atoms with van der Waals surface area (Å²) in [5.74, 6) is 2.33. The average Bonchev–Trinajstić information content (AvgIpc) is 3.51. The van der Waals surface area contributed by atoms with Gasteiger partial charge in [0.2, 0.25) is 0 Å². The van der Waals surface area contributed by atoms with E-state index in [9.17, 15) is 4.79 Å². The van der Waals surface area contributed by atoms with Crippen LogP contribution in [0.2, 0.25) is 0 Å². The topological polar surface area (TPSA) is 54.4 Å². The summed E-state index contributed by atoms with van der Waals surface area (Å²) in [5, 5.41) is 0. The van der Waals surface area contributed by atoms with Gasteiger partial charge in [0, 0.05) is 37.7 Å². The van der Waals surface area contributed by atoms with Crippen molar-refractivity contribution in [3.05, 3.63) is 71.6 Å². The van der Waals surface area contributed by atoms with E-state index in [4.69, 9.17) is 14.5 Å². The highest BCUT2D eigenvalue weighted by molar-refractivity contribution is 6.30. The number of nitrogens with zero attached hydrogens (tertiary/aromatic N) is 3. The van der Waals surface area contributed by atoms with Crippen molar-refractivity contribution in [1.29, 1.82) is 0 Å². The molecule has 0 aliphatic carbocycles. The van der Waals surface area contributed by atoms with E-state index in [0.29, 0.717) is 23.5 Å². The minimum absolute atomic E-state index is 0.0766. The van der Waals surface area contributed by atoms with Crippen LogP contribution in [0.25, 0.3) is 0 Å². The molecule has 0 amide bonds. The number of aliphatic imine (C=N–C) groups is 1. The summed E-state index contributed by atoms with van der Waals surface area (Å²) >= 11 is 0. The first kappa shape index (κ1) is 20.4. The van der Waals surface area contributed by atoms with Crippen molar-refractivity contribution in [2.24, 2.45) is 4.99 Å². The first-order valence-corrected chi connectivity index (χ1v) is 10.8. The van der Waals surface area contributed by atoms with Gasteiger partial charge in [0.1, 0.15) is 22.9 Å². The predicted octanol–water partition coefficient (Wildman–Crippen LogP) is 4.28. The third kappa shape index (κ3) is 3.09. The molecule has 0 bridgehead atoms. The van der Waals surface area contributed by atoms with Crippen LogP contribution < -0.4 is 14.4 Å². The summed E-state index contributed by atoms with van der Waals surface area (Å²) in [6.07, 6.45) is 4.93. The molecule has 164 valence electrons. The van der Waals surface area contributed by atoms with Crippen LogP contribution in [-0.2, 0) is 11.2 Å². The Morgan fingerprint density at radius 3 is 2.25 bits per heavy atom. The third-order valence-electron chi connectivity index (χ3n) is 6.38. The van der Waals surface area contributed by atoms with E-state index >= 15 is 0 Å². The van der Waals surface area contributed by atoms with Gasteiger partial charge in [0.15, 0.2) is 5.78 Å². The minimum Gasteiger partial charge on any atom is -0.497 e. The number of hydrogen-bond acceptors (Lipinski definition) is 6. The van der Waals surface area contributed by atoms with Crippen LogP contribution in [0.4, 0.5) is 11.4 Å². The highest BCUT2D eigenvalue weighted by Gasteiger charge is 2.50. The second-order valence-electron chi connectivity index (χ2n) is 8.73. The average molecular weight is 430 g/mol. The van der Waals surface area contributed by atoms with Crippen LogP contribution in [0.5, 0.6) is 11.5 Å². The molecule has 0 saturated carbocycles. The van der Waals surface area contributed by atoms with E-state index in [1.165, 1.54) is 0 Å². The lowest BCUT2D eigenvalue weighted by atomic mass is 9.92. The number of benzene rings is 2. The molecule has 0 atom stereocenters. The molecule has 0 unspecified atom stereocenters. The predicted molar refractivity (Wildman–Crippen MR) is 126 cm³/mol. The first-order chi connectivity index (χ1) is 15.4. The molecule has 0 saturated heterocycles. The molecule has 0 spiro atoms. The fraction of sp³-hybridized carbons (Fsp3) is 0.308. The number of hydrogen-bond donors (Lipinski definition) is 0. The maximum atomic E-state index is 13.9. The van der Waals surface area contributed by atoms with Crippen LogP contribution >= 0.6 is 0 Å². The lowest BCUT2D eigenvalue weighted by molar-refractivity contribution is -0.118. The van der Waals surface area contributed by atoms with Gasteiger partial charge >= 0.3 is 0 Å². The zero-order valence-corrected chi connectivity index (χ0v) is 18.9. The number of anilines is 1. The van der Waals surface area contributed by atoms with Crippen LogP contribution in [0.15, 0.2) is 71.0 Å². The zero-order valence-electron chi connectivity index (χ0n) is 18.9. The van der Waals surface area contributed by atoms with Gasteiger partial charge < -0.3 is 19.3 Å². The maximum absolute atomic E-state index is 13.9. The quantitative estimate of drug-likeness (QED) is 0.664. The Hall–Kier alpha value is -3.54. The lowest BCUT2D eigenvalue weighted by Gasteiger charge is -2.38. The largest absolute Gasteiger partial charge is 0.497 e. The van der Waals surface area contributed by atoms with E-state index < -0.39 is 5.54 Å². The van der Waals surface area contributed by atoms with Crippen molar-refractivity contribution >= 4 is 22.9 Å². The summed E-state index contributed by atoms with van der Waals surface area (Å²) in [7, 11) is 3.27. The fourth-order valence-electron chi connectivity index (χ4n) is 4.74. The van der Waals surface area contributed by atoms with Crippen molar-refractivity contribution in [2.75, 3.05) is 32.2 Å². The highest BCUT2D eigenvalue weighted by atomic mass is 16.5. The summed E-state index contributed by atoms with van der Waals surface area (Å²) in [5.41, 5.74) is 3.71. The second kappa shape index (κ2) is 7.55. The van der Waals surface area contributed by atoms with E-state index in [1.807, 2.05) is 50.2 Å². The van der Waals surface area contributed by atoms with Gasteiger partial charge in [0.05, 0.1) is 36.9 Å². The summed E-state index contributed by atoms with van der Waals surface area (Å²) in [6, 6.07) is 13.8. The highest BCUT2D eigenvalue weighted by Crippen LogP contribution is 2.44. The third-order valence-corrected chi connectivity index (χ3v) is 6.38. The van der Waals surface area contributed by atoms with Gasteiger partial charge in [-0.2, -0.15) is 0 Å². The molecule has 3 heterocycles. The molecular formula is C26H27N3O3. The van der Waals surface area contributed by atoms with Gasteiger partial charge in [-0.1, -0.05) is 30.4 Å². The molecule has 6 nitrogen and oxygen atoms in total. The first-order valence-electron chi connectivity index (χ1n) is 10.8. The van der Waals surface area contributed by atoms with Crippen molar-refractivity contribution < 1.29 is 14.3 Å². The molecule has 3 aliphatic rings. The summed E-state index contributed by atoms with van der Waals surface area (Å²) in [4.78, 5) is 23.2. The number of rotatable bonds is 5. The molecule has 5 rings (SSSR count). The maximum Gasteiger partial charge on any atom is 0.193 e. The smallest absolute Gasteiger partial charge is 0.193 e. The standard InChI is InChI=1S/C26H27N3O3/c1-26(2)24(30)23(22-13-17-9-5-6-10-21(17)27-22)25(28-11-7-8-12-28)29(26)18-14-19(31-3)16-20(15-18)32-4/h5-10,14-16H,11-13H2,1-4H3. The number of methoxy groups -OCH3 is 2. The fourth-order valence-corrected chi connectivity index (χ4v) is 4.74. The Kier molecular flexibility index (Phi) is 4.81. The molecule has 0 radical (unpaired) electrons. The molecule has 0 fully saturated rings. The van der Waals surface area contributed by atoms with Gasteiger partial charge in [-0.15, -0.1) is 0 Å². The monoisotopic (exact) mass is 429 g/mol. The number of Topliss-reactive ketones (excluding diaryl/α,β-unsaturated/α-hetero) is 1. The van der Waals surface area contributed by atoms with Crippen molar-refractivity contribution in [3.8, 4) is 11.5 Å². The van der Waals surface area contributed by atoms with Crippen molar-refractivity contribution in [3.63, 3.8) is 0 Å². The number of ketones is 1. The van der Waals surface area contributed by atoms with Gasteiger partial charge in [-0.3, -0.25) is 9.79 Å². The zero-order chi connectivity index (χ0) is 22.5. The molecule has 3 aliphatic heterocycles. The van der Waals surface area contributed by atoms with Crippen LogP contribution in [0, 0.1) is 0 Å². The van der Waals surface area contributed by atoms with E-state index in [-0.39, 0.29) is 5.78 Å². The van der Waals surface area contributed by atoms with Crippen LogP contribution in [-0.4, -0.2) is 49.2 Å². The Morgan fingerprint density at radius 2 is 1.62 bits per heavy atom. The van der Waals surface area contributed by atoms with Crippen molar-refractivity contribution in [1.82, 2.24) is 4.90 Å². The number of ether oxygens (including phenoxy) is 2. The number of carbonyl (C=O) groups excluding carboxylic acids is 1. The molecule has 0 N–H and O–H groups in total. The van der Waals surface area contributed by atoms with E-state index in [0.717, 1.165) is 41.6 Å². The molecule has 0 aromatic heterocycles. The van der Waals surface area contributed by atoms with Crippen LogP contribution in [0.3, 0.4) is 0 Å². The van der Waals surface area contributed by atoms with E-state index in [1.54, 1.807) is 14.2 Å². The van der Waals surface area contributed by atoms with E-state index in [2.05, 4.69) is 28.0 Å². The Balaban J connectivity index is 1.70. The molecule has 2 aromatic carbocycles. The Morgan fingerprint density at radius 1 is 0.969 bits per heavy atom. The number of para-hydroxylation sites is 1. The number of fused-ring (bicyclic) bond motifs is 1. The summed E-state index contributed by atoms with van der Waals surface area (Å²) in [6.45, 7) is 5.45. The summed E-state index contributed by atoms with van der Waals surface area (Å²) < 4.78 is 11.0. The normalized spacial score (nSPS) is 19.0. The van der Waals surface area contributed by atoms with Crippen LogP contribution in [0.1, 0.15) is 19.4 Å². The lowest BCUT2D eigenvalue weighted by Crippen LogP contribution is -2.47. The van der Waals surface area contributed by atoms with Gasteiger partial charge in [0.25, 0.3) is 0 Å². The van der Waals surface area contributed by atoms with Crippen molar-refractivity contribution in [2.45, 2.75) is 25.8 Å². The molecular weight excluding hydrogens is 402 g/mol. The van der Waals surface area contributed by atoms with Gasteiger partial charge in [-0.05, 0) is 25.5 Å². The molecule has 2 aromatic rings. The number of carbonyl (C=O) groups is 1. The molecule has 32 heavy (non-hydrogen) atoms. The Bertz CT molecular complexity index is 1160. The second-order valence-corrected chi connectivity index (χ2v) is 8.73.